The van der Waals surface area contributed by atoms with Gasteiger partial charge in [0.05, 0.1) is 5.56 Å². The van der Waals surface area contributed by atoms with Crippen molar-refractivity contribution < 1.29 is 9.90 Å². The monoisotopic (exact) mass is 254 g/mol. The number of hydrogen-bond acceptors (Lipinski definition) is 3. The van der Waals surface area contributed by atoms with Crippen LogP contribution in [0, 0.1) is 0 Å². The Kier molecular flexibility index (Phi) is 2.61. The molecular formula is C15H10O2S. The second kappa shape index (κ2) is 4.27. The Balaban J connectivity index is 2.26. The highest BCUT2D eigenvalue weighted by molar-refractivity contribution is 7.13. The summed E-state index contributed by atoms with van der Waals surface area (Å²) in [5.41, 5.74) is 1.48. The predicted octanol–water partition coefficient (Wildman–Crippen LogP) is 4.09. The summed E-state index contributed by atoms with van der Waals surface area (Å²) in [5.74, 6) is 0.0290. The van der Waals surface area contributed by atoms with Gasteiger partial charge in [0.2, 0.25) is 0 Å². The average molecular weight is 254 g/mol. The van der Waals surface area contributed by atoms with Crippen molar-refractivity contribution >= 4 is 28.4 Å². The molecule has 3 rings (SSSR count). The van der Waals surface area contributed by atoms with Crippen molar-refractivity contribution in [2.24, 2.45) is 0 Å². The Bertz CT molecular complexity index is 715. The summed E-state index contributed by atoms with van der Waals surface area (Å²) >= 11 is 1.68. The first-order chi connectivity index (χ1) is 8.79. The second-order valence-electron chi connectivity index (χ2n) is 4.03. The first-order valence-electron chi connectivity index (χ1n) is 5.54. The van der Waals surface area contributed by atoms with Crippen LogP contribution in [0.4, 0.5) is 0 Å². The molecule has 0 aliphatic carbocycles. The minimum absolute atomic E-state index is 0.0290. The summed E-state index contributed by atoms with van der Waals surface area (Å²) in [6.07, 6.45) is 0.697. The lowest BCUT2D eigenvalue weighted by Gasteiger charge is -2.05. The molecule has 0 aliphatic heterocycles. The summed E-state index contributed by atoms with van der Waals surface area (Å²) in [5, 5.41) is 13.4. The van der Waals surface area contributed by atoms with E-state index in [0.29, 0.717) is 11.8 Å². The number of carbonyl (C=O) groups is 1. The molecule has 1 aromatic heterocycles. The molecule has 0 saturated heterocycles. The van der Waals surface area contributed by atoms with Gasteiger partial charge < -0.3 is 5.11 Å². The fourth-order valence-electron chi connectivity index (χ4n) is 2.06. The number of thiophene rings is 1. The van der Waals surface area contributed by atoms with Gasteiger partial charge in [-0.2, -0.15) is 0 Å². The fourth-order valence-corrected chi connectivity index (χ4v) is 2.79. The maximum atomic E-state index is 11.0. The number of fused-ring (bicyclic) bond motifs is 1. The third kappa shape index (κ3) is 1.69. The summed E-state index contributed by atoms with van der Waals surface area (Å²) < 4.78 is 0. The molecule has 3 aromatic rings. The van der Waals surface area contributed by atoms with Crippen molar-refractivity contribution in [2.45, 2.75) is 0 Å². The van der Waals surface area contributed by atoms with Gasteiger partial charge in [-0.05, 0) is 39.9 Å². The standard InChI is InChI=1S/C15H10O2S/c16-9-13-12-5-3-11(15-2-1-7-18-15)8-10(12)4-6-14(13)17/h1-9,17H. The summed E-state index contributed by atoms with van der Waals surface area (Å²) in [7, 11) is 0. The molecule has 0 fully saturated rings. The number of benzene rings is 2. The Hall–Kier alpha value is -2.13. The summed E-state index contributed by atoms with van der Waals surface area (Å²) in [6, 6.07) is 13.4. The van der Waals surface area contributed by atoms with Gasteiger partial charge in [0.25, 0.3) is 0 Å². The van der Waals surface area contributed by atoms with Crippen LogP contribution in [0.2, 0.25) is 0 Å². The molecule has 2 nitrogen and oxygen atoms in total. The van der Waals surface area contributed by atoms with Gasteiger partial charge in [0, 0.05) is 4.88 Å². The number of aromatic hydroxyl groups is 1. The topological polar surface area (TPSA) is 37.3 Å². The SMILES string of the molecule is O=Cc1c(O)ccc2cc(-c3cccs3)ccc12. The molecule has 0 bridgehead atoms. The van der Waals surface area contributed by atoms with Crippen LogP contribution in [-0.4, -0.2) is 11.4 Å². The molecule has 1 heterocycles. The van der Waals surface area contributed by atoms with E-state index in [9.17, 15) is 9.90 Å². The third-order valence-electron chi connectivity index (χ3n) is 2.96. The van der Waals surface area contributed by atoms with Crippen LogP contribution in [0.3, 0.4) is 0 Å². The van der Waals surface area contributed by atoms with Gasteiger partial charge in [0.1, 0.15) is 5.75 Å². The minimum Gasteiger partial charge on any atom is -0.507 e. The molecule has 0 aliphatic rings. The lowest BCUT2D eigenvalue weighted by Crippen LogP contribution is -1.85. The largest absolute Gasteiger partial charge is 0.507 e. The van der Waals surface area contributed by atoms with E-state index in [1.807, 2.05) is 35.7 Å². The summed E-state index contributed by atoms with van der Waals surface area (Å²) in [6.45, 7) is 0. The van der Waals surface area contributed by atoms with Crippen LogP contribution in [0.15, 0.2) is 47.8 Å². The van der Waals surface area contributed by atoms with Gasteiger partial charge in [-0.25, -0.2) is 0 Å². The molecule has 0 radical (unpaired) electrons. The third-order valence-corrected chi connectivity index (χ3v) is 3.88. The van der Waals surface area contributed by atoms with Crippen LogP contribution < -0.4 is 0 Å². The Labute approximate surface area is 108 Å². The van der Waals surface area contributed by atoms with E-state index in [4.69, 9.17) is 0 Å². The van der Waals surface area contributed by atoms with E-state index < -0.39 is 0 Å². The van der Waals surface area contributed by atoms with Crippen LogP contribution >= 0.6 is 11.3 Å². The Morgan fingerprint density at radius 3 is 2.72 bits per heavy atom. The van der Waals surface area contributed by atoms with Crippen molar-refractivity contribution in [3.05, 3.63) is 53.4 Å². The molecule has 18 heavy (non-hydrogen) atoms. The fraction of sp³-hybridized carbons (Fsp3) is 0. The van der Waals surface area contributed by atoms with E-state index in [-0.39, 0.29) is 5.75 Å². The van der Waals surface area contributed by atoms with Crippen molar-refractivity contribution in [3.8, 4) is 16.2 Å². The molecule has 3 heteroatoms. The zero-order chi connectivity index (χ0) is 12.5. The smallest absolute Gasteiger partial charge is 0.154 e. The molecule has 0 spiro atoms. The number of rotatable bonds is 2. The molecule has 0 unspecified atom stereocenters. The first-order valence-corrected chi connectivity index (χ1v) is 6.42. The zero-order valence-electron chi connectivity index (χ0n) is 9.46. The highest BCUT2D eigenvalue weighted by atomic mass is 32.1. The maximum Gasteiger partial charge on any atom is 0.154 e. The van der Waals surface area contributed by atoms with Crippen molar-refractivity contribution in [1.82, 2.24) is 0 Å². The van der Waals surface area contributed by atoms with Crippen LogP contribution in [0.1, 0.15) is 10.4 Å². The van der Waals surface area contributed by atoms with E-state index in [0.717, 1.165) is 16.3 Å². The molecule has 2 aromatic carbocycles. The predicted molar refractivity (Wildman–Crippen MR) is 74.3 cm³/mol. The van der Waals surface area contributed by atoms with Crippen molar-refractivity contribution in [1.29, 1.82) is 0 Å². The van der Waals surface area contributed by atoms with Crippen LogP contribution in [-0.2, 0) is 0 Å². The minimum atomic E-state index is 0.0290. The van der Waals surface area contributed by atoms with E-state index in [1.54, 1.807) is 17.4 Å². The molecule has 88 valence electrons. The number of phenolic OH excluding ortho intramolecular Hbond substituents is 1. The highest BCUT2D eigenvalue weighted by Crippen LogP contribution is 2.31. The zero-order valence-corrected chi connectivity index (χ0v) is 10.3. The lowest BCUT2D eigenvalue weighted by molar-refractivity contribution is 0.112. The van der Waals surface area contributed by atoms with Crippen LogP contribution in [0.5, 0.6) is 5.75 Å². The number of carbonyl (C=O) groups excluding carboxylic acids is 1. The molecule has 0 atom stereocenters. The highest BCUT2D eigenvalue weighted by Gasteiger charge is 2.07. The van der Waals surface area contributed by atoms with Gasteiger partial charge in [-0.15, -0.1) is 11.3 Å². The first kappa shape index (κ1) is 11.0. The number of phenols is 1. The Morgan fingerprint density at radius 1 is 1.11 bits per heavy atom. The van der Waals surface area contributed by atoms with E-state index in [1.165, 1.54) is 4.88 Å². The molecular weight excluding hydrogens is 244 g/mol. The summed E-state index contributed by atoms with van der Waals surface area (Å²) in [4.78, 5) is 12.2. The number of aldehydes is 1. The average Bonchev–Trinajstić information content (AvgIpc) is 2.92. The van der Waals surface area contributed by atoms with Gasteiger partial charge in [0.15, 0.2) is 6.29 Å². The number of hydrogen-bond donors (Lipinski definition) is 1. The second-order valence-corrected chi connectivity index (χ2v) is 4.98. The van der Waals surface area contributed by atoms with E-state index >= 15 is 0 Å². The Morgan fingerprint density at radius 2 is 2.00 bits per heavy atom. The lowest BCUT2D eigenvalue weighted by atomic mass is 10.0. The quantitative estimate of drug-likeness (QED) is 0.699. The molecule has 0 amide bonds. The van der Waals surface area contributed by atoms with Crippen LogP contribution in [0.25, 0.3) is 21.2 Å². The van der Waals surface area contributed by atoms with Gasteiger partial charge in [-0.1, -0.05) is 24.3 Å². The van der Waals surface area contributed by atoms with Gasteiger partial charge >= 0.3 is 0 Å². The van der Waals surface area contributed by atoms with Crippen molar-refractivity contribution in [2.75, 3.05) is 0 Å². The van der Waals surface area contributed by atoms with Crippen molar-refractivity contribution in [3.63, 3.8) is 0 Å². The maximum absolute atomic E-state index is 11.0. The normalized spacial score (nSPS) is 10.7. The molecule has 0 saturated carbocycles. The van der Waals surface area contributed by atoms with Gasteiger partial charge in [-0.3, -0.25) is 4.79 Å². The molecule has 1 N–H and O–H groups in total. The van der Waals surface area contributed by atoms with E-state index in [2.05, 4.69) is 6.07 Å².